The molecule has 6 rings (SSSR count). The van der Waals surface area contributed by atoms with Crippen molar-refractivity contribution in [3.05, 3.63) is 66.2 Å². The van der Waals surface area contributed by atoms with Crippen LogP contribution >= 0.6 is 0 Å². The number of hydrogen-bond acceptors (Lipinski definition) is 4. The van der Waals surface area contributed by atoms with Crippen molar-refractivity contribution in [1.29, 1.82) is 0 Å². The number of carbonyl (C=O) groups excluding carboxylic acids is 1. The molecule has 0 N–H and O–H groups in total. The second-order valence-electron chi connectivity index (χ2n) is 7.68. The Hall–Kier alpha value is -2.73. The molecule has 5 heterocycles. The van der Waals surface area contributed by atoms with Crippen molar-refractivity contribution in [3.63, 3.8) is 0 Å². The van der Waals surface area contributed by atoms with Gasteiger partial charge >= 0.3 is 0 Å². The van der Waals surface area contributed by atoms with E-state index in [1.54, 1.807) is 16.8 Å². The molecule has 1 aromatic carbocycles. The number of rotatable bonds is 3. The highest BCUT2D eigenvalue weighted by Gasteiger charge is 2.37. The van der Waals surface area contributed by atoms with Crippen LogP contribution in [-0.4, -0.2) is 55.8 Å². The van der Waals surface area contributed by atoms with Crippen LogP contribution in [-0.2, 0) is 6.54 Å². The second kappa shape index (κ2) is 6.78. The Labute approximate surface area is 158 Å². The van der Waals surface area contributed by atoms with Crippen LogP contribution in [0.3, 0.4) is 0 Å². The van der Waals surface area contributed by atoms with Gasteiger partial charge in [-0.15, -0.1) is 0 Å². The molecule has 3 saturated heterocycles. The molecule has 0 radical (unpaired) electrons. The molecule has 0 spiro atoms. The maximum absolute atomic E-state index is 13.1. The minimum atomic E-state index is 0.0268. The molecule has 27 heavy (non-hydrogen) atoms. The highest BCUT2D eigenvalue weighted by Crippen LogP contribution is 2.29. The third-order valence-corrected chi connectivity index (χ3v) is 5.80. The Balaban J connectivity index is 1.35. The van der Waals surface area contributed by atoms with Crippen molar-refractivity contribution in [2.24, 2.45) is 5.92 Å². The average Bonchev–Trinajstić information content (AvgIpc) is 2.93. The maximum Gasteiger partial charge on any atom is 0.274 e. The molecule has 2 aromatic heterocycles. The zero-order chi connectivity index (χ0) is 18.2. The lowest BCUT2D eigenvalue weighted by Gasteiger charge is -2.36. The molecule has 0 unspecified atom stereocenters. The van der Waals surface area contributed by atoms with Gasteiger partial charge in [-0.1, -0.05) is 30.3 Å². The summed E-state index contributed by atoms with van der Waals surface area (Å²) >= 11 is 0. The fourth-order valence-electron chi connectivity index (χ4n) is 4.45. The number of amides is 1. The van der Waals surface area contributed by atoms with E-state index in [4.69, 9.17) is 0 Å². The van der Waals surface area contributed by atoms with Gasteiger partial charge in [0, 0.05) is 50.8 Å². The smallest absolute Gasteiger partial charge is 0.274 e. The molecule has 2 bridgehead atoms. The predicted octanol–water partition coefficient (Wildman–Crippen LogP) is 2.47. The Morgan fingerprint density at radius 3 is 2.81 bits per heavy atom. The van der Waals surface area contributed by atoms with Gasteiger partial charge in [0.25, 0.3) is 5.91 Å². The number of carbonyl (C=O) groups is 1. The summed E-state index contributed by atoms with van der Waals surface area (Å²) in [6.07, 6.45) is 7.73. The monoisotopic (exact) mass is 361 g/mol. The largest absolute Gasteiger partial charge is 0.335 e. The van der Waals surface area contributed by atoms with Crippen LogP contribution in [0.1, 0.15) is 28.9 Å². The molecule has 138 valence electrons. The average molecular weight is 361 g/mol. The van der Waals surface area contributed by atoms with Gasteiger partial charge < -0.3 is 4.90 Å². The number of nitrogens with zero attached hydrogens (tertiary/aromatic N) is 5. The highest BCUT2D eigenvalue weighted by molar-refractivity contribution is 5.92. The Bertz CT molecular complexity index is 920. The van der Waals surface area contributed by atoms with Crippen molar-refractivity contribution in [3.8, 4) is 0 Å². The van der Waals surface area contributed by atoms with E-state index in [1.165, 1.54) is 12.0 Å². The Kier molecular flexibility index (Phi) is 4.13. The van der Waals surface area contributed by atoms with E-state index in [1.807, 2.05) is 17.2 Å². The van der Waals surface area contributed by atoms with Crippen molar-refractivity contribution in [2.75, 3.05) is 19.6 Å². The van der Waals surface area contributed by atoms with Crippen LogP contribution in [0, 0.1) is 5.92 Å². The molecule has 3 aliphatic rings. The maximum atomic E-state index is 13.1. The van der Waals surface area contributed by atoms with Crippen LogP contribution in [0.5, 0.6) is 0 Å². The van der Waals surface area contributed by atoms with Crippen LogP contribution in [0.2, 0.25) is 0 Å². The lowest BCUT2D eigenvalue weighted by molar-refractivity contribution is 0.0731. The Morgan fingerprint density at radius 1 is 1.07 bits per heavy atom. The summed E-state index contributed by atoms with van der Waals surface area (Å²) in [5, 5.41) is 0. The van der Waals surface area contributed by atoms with Crippen LogP contribution in [0.4, 0.5) is 0 Å². The van der Waals surface area contributed by atoms with E-state index in [0.29, 0.717) is 23.4 Å². The molecule has 3 aromatic rings. The Morgan fingerprint density at radius 2 is 1.96 bits per heavy atom. The summed E-state index contributed by atoms with van der Waals surface area (Å²) in [7, 11) is 0. The fourth-order valence-corrected chi connectivity index (χ4v) is 4.45. The number of aromatic nitrogens is 3. The van der Waals surface area contributed by atoms with Crippen molar-refractivity contribution in [2.45, 2.75) is 25.4 Å². The topological polar surface area (TPSA) is 53.7 Å². The van der Waals surface area contributed by atoms with E-state index in [9.17, 15) is 4.79 Å². The molecule has 6 heteroatoms. The minimum absolute atomic E-state index is 0.0268. The predicted molar refractivity (Wildman–Crippen MR) is 102 cm³/mol. The minimum Gasteiger partial charge on any atom is -0.335 e. The van der Waals surface area contributed by atoms with Crippen molar-refractivity contribution >= 4 is 11.7 Å². The normalized spacial score (nSPS) is 22.9. The molecular weight excluding hydrogens is 338 g/mol. The molecule has 2 atom stereocenters. The number of imidazole rings is 1. The third-order valence-electron chi connectivity index (χ3n) is 5.80. The van der Waals surface area contributed by atoms with E-state index in [-0.39, 0.29) is 5.91 Å². The molecule has 0 aliphatic carbocycles. The second-order valence-corrected chi connectivity index (χ2v) is 7.68. The van der Waals surface area contributed by atoms with E-state index in [2.05, 4.69) is 45.2 Å². The lowest BCUT2D eigenvalue weighted by Crippen LogP contribution is -2.43. The van der Waals surface area contributed by atoms with Crippen molar-refractivity contribution in [1.82, 2.24) is 24.2 Å². The third kappa shape index (κ3) is 3.21. The first kappa shape index (κ1) is 16.4. The van der Waals surface area contributed by atoms with Gasteiger partial charge in [-0.2, -0.15) is 0 Å². The number of benzene rings is 1. The summed E-state index contributed by atoms with van der Waals surface area (Å²) in [5.41, 5.74) is 1.83. The SMILES string of the molecule is O=C(c1cn2cccnc2n1)N1C[C@H]2CC[C@@H](C1)N(Cc1ccccc1)C2. The molecule has 1 amide bonds. The summed E-state index contributed by atoms with van der Waals surface area (Å²) in [6, 6.07) is 12.9. The van der Waals surface area contributed by atoms with Crippen molar-refractivity contribution < 1.29 is 4.79 Å². The fraction of sp³-hybridized carbons (Fsp3) is 0.381. The van der Waals surface area contributed by atoms with E-state index >= 15 is 0 Å². The number of piperidine rings is 1. The van der Waals surface area contributed by atoms with Gasteiger partial charge in [0.1, 0.15) is 5.69 Å². The van der Waals surface area contributed by atoms with Crippen LogP contribution < -0.4 is 0 Å². The van der Waals surface area contributed by atoms with Gasteiger partial charge in [0.2, 0.25) is 5.78 Å². The van der Waals surface area contributed by atoms with Crippen LogP contribution in [0.15, 0.2) is 55.0 Å². The summed E-state index contributed by atoms with van der Waals surface area (Å²) in [5.74, 6) is 1.13. The zero-order valence-corrected chi connectivity index (χ0v) is 15.2. The molecule has 0 saturated carbocycles. The van der Waals surface area contributed by atoms with Gasteiger partial charge in [-0.3, -0.25) is 14.1 Å². The quantitative estimate of drug-likeness (QED) is 0.719. The highest BCUT2D eigenvalue weighted by atomic mass is 16.2. The first-order valence-electron chi connectivity index (χ1n) is 9.63. The van der Waals surface area contributed by atoms with Gasteiger partial charge in [0.05, 0.1) is 0 Å². The molecule has 3 fully saturated rings. The molecule has 3 aliphatic heterocycles. The summed E-state index contributed by atoms with van der Waals surface area (Å²) < 4.78 is 1.81. The zero-order valence-electron chi connectivity index (χ0n) is 15.2. The number of hydrogen-bond donors (Lipinski definition) is 0. The van der Waals surface area contributed by atoms with E-state index < -0.39 is 0 Å². The standard InChI is InChI=1S/C21H23N5O/c27-20(19-15-24-10-4-9-22-21(24)23-19)26-13-17-7-8-18(14-26)25(12-17)11-16-5-2-1-3-6-16/h1-6,9-10,15,17-18H,7-8,11-14H2/t17-,18-/m0/s1. The van der Waals surface area contributed by atoms with Gasteiger partial charge in [-0.25, -0.2) is 9.97 Å². The molecular formula is C21H23N5O. The number of fused-ring (bicyclic) bond motifs is 5. The molecule has 6 nitrogen and oxygen atoms in total. The summed E-state index contributed by atoms with van der Waals surface area (Å²) in [6.45, 7) is 3.63. The lowest BCUT2D eigenvalue weighted by atomic mass is 9.94. The van der Waals surface area contributed by atoms with Gasteiger partial charge in [0.15, 0.2) is 0 Å². The first-order valence-corrected chi connectivity index (χ1v) is 9.63. The van der Waals surface area contributed by atoms with E-state index in [0.717, 1.165) is 32.6 Å². The van der Waals surface area contributed by atoms with Crippen LogP contribution in [0.25, 0.3) is 5.78 Å². The first-order chi connectivity index (χ1) is 13.3. The summed E-state index contributed by atoms with van der Waals surface area (Å²) in [4.78, 5) is 26.3. The van der Waals surface area contributed by atoms with Gasteiger partial charge in [-0.05, 0) is 30.4 Å².